The molecule has 2 unspecified atom stereocenters. The van der Waals surface area contributed by atoms with Gasteiger partial charge in [-0.1, -0.05) is 25.8 Å². The molecule has 8 rings (SSSR count). The minimum atomic E-state index is -2.72. The summed E-state index contributed by atoms with van der Waals surface area (Å²) in [6, 6.07) is 13.2. The van der Waals surface area contributed by atoms with E-state index in [0.29, 0.717) is 103 Å². The number of ether oxygens (including phenoxy) is 9. The van der Waals surface area contributed by atoms with Gasteiger partial charge in [0, 0.05) is 17.7 Å². The second-order valence-corrected chi connectivity index (χ2v) is 23.6. The number of phenols is 17. The van der Waals surface area contributed by atoms with Gasteiger partial charge >= 0.3 is 47.8 Å². The number of allylic oxidation sites excluding steroid dienone is 1. The van der Waals surface area contributed by atoms with E-state index in [4.69, 9.17) is 83.9 Å². The van der Waals surface area contributed by atoms with Gasteiger partial charge in [0.2, 0.25) is 23.5 Å². The normalized spacial score (nSPS) is 15.4. The number of carboxylic acid groups (broad SMARTS) is 1. The molecule has 1 saturated heterocycles. The van der Waals surface area contributed by atoms with Crippen molar-refractivity contribution < 1.29 is 228 Å². The third kappa shape index (κ3) is 25.5. The molecule has 46 nitrogen and oxygen atoms in total. The number of carbonyl (C=O) groups excluding carboxylic acids is 9. The summed E-state index contributed by atoms with van der Waals surface area (Å²) in [7, 11) is 0. The van der Waals surface area contributed by atoms with Gasteiger partial charge in [0.25, 0.3) is 6.47 Å². The number of aromatic hydroxyl groups is 17. The zero-order valence-electron chi connectivity index (χ0n) is 61.1. The second kappa shape index (κ2) is 42.3. The molecule has 7 aromatic carbocycles. The van der Waals surface area contributed by atoms with Crippen LogP contribution in [0.3, 0.4) is 0 Å². The first-order valence-corrected chi connectivity index (χ1v) is 32.7. The van der Waals surface area contributed by atoms with E-state index in [2.05, 4.69) is 24.5 Å². The van der Waals surface area contributed by atoms with Gasteiger partial charge in [-0.15, -0.1) is 0 Å². The zero-order valence-corrected chi connectivity index (χ0v) is 61.1. The van der Waals surface area contributed by atoms with Crippen LogP contribution in [0.4, 0.5) is 0 Å². The number of para-hydroxylation sites is 1. The van der Waals surface area contributed by atoms with Crippen molar-refractivity contribution in [1.29, 1.82) is 0 Å². The molecule has 0 radical (unpaired) electrons. The Morgan fingerprint density at radius 3 is 1.31 bits per heavy atom. The topological polar surface area (TPSA) is 800 Å². The quantitative estimate of drug-likeness (QED) is 0.00522. The average molecular weight is 1720 g/mol. The van der Waals surface area contributed by atoms with Crippen LogP contribution in [-0.2, 0) is 47.6 Å². The number of hydrogen-bond donors (Lipinski definition) is 27. The fourth-order valence-corrected chi connectivity index (χ4v) is 8.93. The molecular weight excluding hydrogens is 1650 g/mol. The zero-order chi connectivity index (χ0) is 91.8. The van der Waals surface area contributed by atoms with Crippen LogP contribution < -0.4 is 14.2 Å². The molecule has 0 bridgehead atoms. The van der Waals surface area contributed by atoms with E-state index in [-0.39, 0.29) is 35.7 Å². The van der Waals surface area contributed by atoms with Gasteiger partial charge in [0.1, 0.15) is 43.2 Å². The van der Waals surface area contributed by atoms with E-state index in [1.807, 2.05) is 0 Å². The highest BCUT2D eigenvalue weighted by Crippen LogP contribution is 2.44. The van der Waals surface area contributed by atoms with Crippen molar-refractivity contribution in [1.82, 2.24) is 0 Å². The van der Waals surface area contributed by atoms with Crippen LogP contribution in [0.2, 0.25) is 0 Å². The molecule has 646 valence electrons. The van der Waals surface area contributed by atoms with Gasteiger partial charge in [-0.25, -0.2) is 38.4 Å². The van der Waals surface area contributed by atoms with Crippen molar-refractivity contribution in [2.45, 2.75) is 42.9 Å². The Morgan fingerprint density at radius 1 is 0.451 bits per heavy atom. The van der Waals surface area contributed by atoms with Gasteiger partial charge in [0.05, 0.1) is 33.4 Å². The summed E-state index contributed by atoms with van der Waals surface area (Å²) in [5, 5.41) is 262. The number of aliphatic hydroxyl groups is 9. The molecule has 1 aliphatic rings. The first-order valence-electron chi connectivity index (χ1n) is 32.7. The lowest BCUT2D eigenvalue weighted by atomic mass is 9.98. The summed E-state index contributed by atoms with van der Waals surface area (Å²) in [6.45, 7) is 7.62. The Labute approximate surface area is 678 Å². The standard InChI is InChI=1S/C56H46O35.C7H8O5.C7H6O3.C6H6O3/c1-19(58)41(70)26(59)3-5-39(68)85-35-14-23(11-32(65)45(35)74)51(78)83-17-38-49(90-54(81)24-12-33(66)46(75)36(15-24)86-52(79)21-7-28(61)43(72)29(62)8-21)50(89-40(69)6-4-27(60)42(71)20(2)84-18-57)48(77)56(88-38)91-55(82)25-13-34(67)47(76)37(16-25)87-53(80)22-9-30(63)44(73)31(64)10-22;1-4(7(11)12)2-5(9)6(10)3-8;8-4-5-1-2-6(9)7(10)3-5;7-4-2-1-3-5(8)6(4)9/h3-16,18,27,38,42,48-50,56,58-67,70-77H,1-2,17H2;2-3,8-10H,1H2,(H,11,12);1-4,9-10H;1-3,7-9H/b5-3+,6-4+,41-26-;5-2+,6-3-;;/t27?,38-,42?,48-,49-,50-,56+;;;/m1.../s1. The van der Waals surface area contributed by atoms with Crippen LogP contribution >= 0.6 is 0 Å². The summed E-state index contributed by atoms with van der Waals surface area (Å²) in [5.74, 6) is -36.9. The van der Waals surface area contributed by atoms with E-state index in [1.54, 1.807) is 0 Å². The SMILES string of the molecule is C=C(/C=C(O)\C(O)=C\O)C(=O)O.C=C(O)/C(O)=C(O)\C=C\C(=O)Oc1cc(C(=O)OC[C@H]2O[C@@H](OC(=O)c3cc(O)c(O)c(OC(=O)c4cc(O)c(O)c(O)c4)c3)[C@H](O)[C@@H](OC(=O)/C=C/C(O)C(O)C(=C)OC=O)[C@@H]2OC(=O)c2cc(O)c(O)c(OC(=O)c3cc(O)c(O)c(O)c3)c2)cc(O)c1O.O=Cc1ccc(O)c(O)c1.Oc1cccc(O)c1O. The summed E-state index contributed by atoms with van der Waals surface area (Å²) in [6.07, 6.45) is -13.8. The van der Waals surface area contributed by atoms with Crippen molar-refractivity contribution in [3.05, 3.63) is 227 Å². The number of phenolic OH excluding ortho intramolecular Hbond substituents is 17. The van der Waals surface area contributed by atoms with Crippen LogP contribution in [0, 0.1) is 0 Å². The molecule has 0 saturated carbocycles. The lowest BCUT2D eigenvalue weighted by Crippen LogP contribution is -2.62. The Balaban J connectivity index is 0.000000707. The molecular formula is C76H66O46. The lowest BCUT2D eigenvalue weighted by molar-refractivity contribution is -0.286. The van der Waals surface area contributed by atoms with Gasteiger partial charge in [0.15, 0.2) is 145 Å². The first-order chi connectivity index (χ1) is 57.1. The molecule has 0 aromatic heterocycles. The number of benzene rings is 7. The summed E-state index contributed by atoms with van der Waals surface area (Å²) in [5.41, 5.74) is -4.18. The summed E-state index contributed by atoms with van der Waals surface area (Å²) in [4.78, 5) is 125. The van der Waals surface area contributed by atoms with Gasteiger partial charge in [-0.05, 0) is 109 Å². The number of hydrogen-bond acceptors (Lipinski definition) is 45. The Bertz CT molecular complexity index is 5330. The molecule has 0 amide bonds. The van der Waals surface area contributed by atoms with E-state index >= 15 is 0 Å². The minimum absolute atomic E-state index is 0.188. The predicted octanol–water partition coefficient (Wildman–Crippen LogP) is 4.40. The Hall–Kier alpha value is -17.4. The van der Waals surface area contributed by atoms with Crippen molar-refractivity contribution >= 4 is 60.5 Å². The summed E-state index contributed by atoms with van der Waals surface area (Å²) < 4.78 is 46.7. The maximum Gasteiger partial charge on any atom is 0.343 e. The third-order valence-electron chi connectivity index (χ3n) is 15.1. The minimum Gasteiger partial charge on any atom is -0.512 e. The average Bonchev–Trinajstić information content (AvgIpc) is 0.778. The largest absolute Gasteiger partial charge is 0.512 e. The highest BCUT2D eigenvalue weighted by Gasteiger charge is 2.52. The van der Waals surface area contributed by atoms with Crippen LogP contribution in [0.15, 0.2) is 194 Å². The molecule has 122 heavy (non-hydrogen) atoms. The number of rotatable bonds is 26. The van der Waals surface area contributed by atoms with E-state index < -0.39 is 257 Å². The highest BCUT2D eigenvalue weighted by atomic mass is 16.7. The molecule has 7 aromatic rings. The molecule has 1 heterocycles. The fraction of sp³-hybridized carbons (Fsp3) is 0.105. The lowest BCUT2D eigenvalue weighted by Gasteiger charge is -2.42. The van der Waals surface area contributed by atoms with Gasteiger partial charge in [-0.3, -0.25) is 9.59 Å². The molecule has 1 fully saturated rings. The van der Waals surface area contributed by atoms with Gasteiger partial charge in [-0.2, -0.15) is 0 Å². The molecule has 7 atom stereocenters. The number of aliphatic carboxylic acids is 1. The molecule has 1 aliphatic heterocycles. The second-order valence-electron chi connectivity index (χ2n) is 23.6. The molecule has 0 spiro atoms. The van der Waals surface area contributed by atoms with Crippen LogP contribution in [0.1, 0.15) is 62.1 Å². The number of aldehydes is 1. The maximum absolute atomic E-state index is 14.3. The number of aliphatic hydroxyl groups excluding tert-OH is 9. The van der Waals surface area contributed by atoms with Crippen molar-refractivity contribution in [3.8, 4) is 115 Å². The predicted molar refractivity (Wildman–Crippen MR) is 395 cm³/mol. The van der Waals surface area contributed by atoms with Crippen LogP contribution in [0.5, 0.6) is 115 Å². The van der Waals surface area contributed by atoms with E-state index in [0.717, 1.165) is 0 Å². The fourth-order valence-electron chi connectivity index (χ4n) is 8.93. The highest BCUT2D eigenvalue weighted by molar-refractivity contribution is 5.97. The molecule has 0 aliphatic carbocycles. The Kier molecular flexibility index (Phi) is 33.0. The van der Waals surface area contributed by atoms with Crippen LogP contribution in [-0.4, -0.2) is 248 Å². The number of esters is 7. The van der Waals surface area contributed by atoms with Crippen molar-refractivity contribution in [2.24, 2.45) is 0 Å². The third-order valence-corrected chi connectivity index (χ3v) is 15.1. The monoisotopic (exact) mass is 1710 g/mol. The van der Waals surface area contributed by atoms with Crippen molar-refractivity contribution in [2.75, 3.05) is 6.61 Å². The Morgan fingerprint density at radius 2 is 0.885 bits per heavy atom. The number of carboxylic acids is 1. The van der Waals surface area contributed by atoms with E-state index in [9.17, 15) is 140 Å². The number of carbonyl (C=O) groups is 10. The van der Waals surface area contributed by atoms with Crippen molar-refractivity contribution in [3.63, 3.8) is 0 Å². The summed E-state index contributed by atoms with van der Waals surface area (Å²) >= 11 is 0. The maximum atomic E-state index is 14.3. The first kappa shape index (κ1) is 95.2. The van der Waals surface area contributed by atoms with Crippen LogP contribution in [0.25, 0.3) is 0 Å². The smallest absolute Gasteiger partial charge is 0.343 e. The van der Waals surface area contributed by atoms with Gasteiger partial charge < -0.3 is 181 Å². The van der Waals surface area contributed by atoms with E-state index in [1.165, 1.54) is 36.4 Å². The molecule has 46 heteroatoms. The molecule has 27 N–H and O–H groups in total.